The van der Waals surface area contributed by atoms with Gasteiger partial charge in [0, 0.05) is 10.5 Å². The Balaban J connectivity index is 0. The molecule has 1 atom stereocenters. The molecular weight excluding hydrogens is 398 g/mol. The Morgan fingerprint density at radius 2 is 1.50 bits per heavy atom. The minimum Gasteiger partial charge on any atom is -0.480 e. The first-order chi connectivity index (χ1) is 14.0. The van der Waals surface area contributed by atoms with Gasteiger partial charge in [-0.3, -0.25) is 0 Å². The molecule has 1 unspecified atom stereocenters. The lowest BCUT2D eigenvalue weighted by Crippen LogP contribution is -2.55. The zero-order valence-electron chi connectivity index (χ0n) is 20.6. The molecule has 1 aromatic rings. The van der Waals surface area contributed by atoms with Crippen molar-refractivity contribution in [3.63, 3.8) is 0 Å². The van der Waals surface area contributed by atoms with E-state index in [2.05, 4.69) is 17.4 Å². The molecule has 0 fully saturated rings. The number of hydrogen-bond donors (Lipinski definition) is 2. The standard InChI is InChI=1S/C20H31NO4S.2C2H6/c1-7-20(8-2,26-13-15-11-9-14(3)10-12-15)16(17(22)23)21-18(24)25-19(4,5)6;2*1-2/h9-12,16H,7-8,13H2,1-6H3,(H,21,24)(H,22,23);2*1-2H3. The van der Waals surface area contributed by atoms with Crippen molar-refractivity contribution >= 4 is 23.8 Å². The first-order valence-corrected chi connectivity index (χ1v) is 11.9. The Kier molecular flexibility index (Phi) is 15.4. The van der Waals surface area contributed by atoms with Crippen LogP contribution in [0.5, 0.6) is 0 Å². The number of carbonyl (C=O) groups excluding carboxylic acids is 1. The number of rotatable bonds is 8. The summed E-state index contributed by atoms with van der Waals surface area (Å²) in [6.45, 7) is 19.2. The number of thioether (sulfide) groups is 1. The van der Waals surface area contributed by atoms with E-state index in [1.807, 2.05) is 60.6 Å². The lowest BCUT2D eigenvalue weighted by atomic mass is 9.93. The molecule has 0 spiro atoms. The van der Waals surface area contributed by atoms with Gasteiger partial charge in [0.2, 0.25) is 0 Å². The molecule has 0 aliphatic rings. The fourth-order valence-corrected chi connectivity index (χ4v) is 4.08. The van der Waals surface area contributed by atoms with Crippen LogP contribution in [0.15, 0.2) is 24.3 Å². The highest BCUT2D eigenvalue weighted by atomic mass is 32.2. The maximum absolute atomic E-state index is 12.2. The van der Waals surface area contributed by atoms with E-state index >= 15 is 0 Å². The Bertz CT molecular complexity index is 605. The van der Waals surface area contributed by atoms with Gasteiger partial charge in [0.1, 0.15) is 11.6 Å². The van der Waals surface area contributed by atoms with Crippen LogP contribution in [-0.2, 0) is 15.3 Å². The number of aliphatic carboxylic acids is 1. The Morgan fingerprint density at radius 3 is 1.87 bits per heavy atom. The third-order valence-electron chi connectivity index (χ3n) is 4.28. The van der Waals surface area contributed by atoms with Crippen LogP contribution in [0, 0.1) is 6.92 Å². The molecule has 1 aromatic carbocycles. The second-order valence-corrected chi connectivity index (χ2v) is 8.85. The molecule has 30 heavy (non-hydrogen) atoms. The highest BCUT2D eigenvalue weighted by Gasteiger charge is 2.42. The summed E-state index contributed by atoms with van der Waals surface area (Å²) in [6.07, 6.45) is 0.534. The maximum atomic E-state index is 12.2. The molecule has 0 saturated carbocycles. The Labute approximate surface area is 188 Å². The third-order valence-corrected chi connectivity index (χ3v) is 6.14. The molecule has 2 N–H and O–H groups in total. The van der Waals surface area contributed by atoms with Gasteiger partial charge in [0.05, 0.1) is 0 Å². The number of alkyl carbamates (subject to hydrolysis) is 1. The first-order valence-electron chi connectivity index (χ1n) is 10.9. The van der Waals surface area contributed by atoms with Crippen LogP contribution in [0.3, 0.4) is 0 Å². The summed E-state index contributed by atoms with van der Waals surface area (Å²) < 4.78 is 4.64. The van der Waals surface area contributed by atoms with Crippen LogP contribution in [0.2, 0.25) is 0 Å². The Morgan fingerprint density at radius 1 is 1.03 bits per heavy atom. The number of amides is 1. The molecule has 6 heteroatoms. The lowest BCUT2D eigenvalue weighted by Gasteiger charge is -2.37. The number of carbonyl (C=O) groups is 2. The van der Waals surface area contributed by atoms with Gasteiger partial charge in [-0.05, 0) is 46.1 Å². The van der Waals surface area contributed by atoms with Crippen LogP contribution in [0.4, 0.5) is 4.79 Å². The number of aryl methyl sites for hydroxylation is 1. The van der Waals surface area contributed by atoms with Crippen molar-refractivity contribution in [1.82, 2.24) is 5.32 Å². The summed E-state index contributed by atoms with van der Waals surface area (Å²) in [7, 11) is 0. The maximum Gasteiger partial charge on any atom is 0.408 e. The van der Waals surface area contributed by atoms with Gasteiger partial charge in [-0.15, -0.1) is 11.8 Å². The lowest BCUT2D eigenvalue weighted by molar-refractivity contribution is -0.140. The van der Waals surface area contributed by atoms with Crippen molar-refractivity contribution in [2.24, 2.45) is 0 Å². The van der Waals surface area contributed by atoms with Gasteiger partial charge >= 0.3 is 12.1 Å². The van der Waals surface area contributed by atoms with E-state index in [9.17, 15) is 14.7 Å². The van der Waals surface area contributed by atoms with Crippen LogP contribution in [0.1, 0.15) is 86.3 Å². The topological polar surface area (TPSA) is 75.6 Å². The smallest absolute Gasteiger partial charge is 0.408 e. The average Bonchev–Trinajstić information content (AvgIpc) is 2.71. The van der Waals surface area contributed by atoms with Crippen molar-refractivity contribution in [1.29, 1.82) is 0 Å². The first kappa shape index (κ1) is 30.5. The SMILES string of the molecule is CC.CC.CCC(CC)(SCc1ccc(C)cc1)C(NC(=O)OC(C)(C)C)C(=O)O. The van der Waals surface area contributed by atoms with Crippen LogP contribution in [0.25, 0.3) is 0 Å². The van der Waals surface area contributed by atoms with Gasteiger partial charge in [-0.2, -0.15) is 0 Å². The molecule has 1 amide bonds. The molecule has 0 aliphatic heterocycles. The van der Waals surface area contributed by atoms with Crippen molar-refractivity contribution < 1.29 is 19.4 Å². The van der Waals surface area contributed by atoms with Crippen LogP contribution in [-0.4, -0.2) is 33.6 Å². The monoisotopic (exact) mass is 441 g/mol. The van der Waals surface area contributed by atoms with Crippen molar-refractivity contribution in [2.75, 3.05) is 0 Å². The van der Waals surface area contributed by atoms with Crippen LogP contribution >= 0.6 is 11.8 Å². The third kappa shape index (κ3) is 10.9. The second-order valence-electron chi connectivity index (χ2n) is 7.46. The van der Waals surface area contributed by atoms with Gasteiger partial charge in [0.25, 0.3) is 0 Å². The predicted molar refractivity (Wildman–Crippen MR) is 129 cm³/mol. The number of ether oxygens (including phenoxy) is 1. The molecule has 0 heterocycles. The zero-order chi connectivity index (χ0) is 24.0. The predicted octanol–water partition coefficient (Wildman–Crippen LogP) is 6.82. The van der Waals surface area contributed by atoms with Crippen molar-refractivity contribution in [2.45, 2.75) is 104 Å². The number of nitrogens with one attached hydrogen (secondary N) is 1. The van der Waals surface area contributed by atoms with E-state index in [-0.39, 0.29) is 0 Å². The zero-order valence-corrected chi connectivity index (χ0v) is 21.4. The summed E-state index contributed by atoms with van der Waals surface area (Å²) >= 11 is 1.57. The quantitative estimate of drug-likeness (QED) is 0.463. The fraction of sp³-hybridized carbons (Fsp3) is 0.667. The Hall–Kier alpha value is -1.69. The molecule has 0 aromatic heterocycles. The molecule has 174 valence electrons. The molecule has 0 bridgehead atoms. The minimum atomic E-state index is -1.05. The number of hydrogen-bond acceptors (Lipinski definition) is 4. The van der Waals surface area contributed by atoms with E-state index in [1.165, 1.54) is 5.56 Å². The summed E-state index contributed by atoms with van der Waals surface area (Å²) in [4.78, 5) is 24.1. The highest BCUT2D eigenvalue weighted by Crippen LogP contribution is 2.38. The van der Waals surface area contributed by atoms with E-state index < -0.39 is 28.5 Å². The van der Waals surface area contributed by atoms with Crippen molar-refractivity contribution in [3.05, 3.63) is 35.4 Å². The van der Waals surface area contributed by atoms with Gasteiger partial charge in [-0.1, -0.05) is 71.4 Å². The molecule has 0 radical (unpaired) electrons. The van der Waals surface area contributed by atoms with E-state index in [0.717, 1.165) is 5.56 Å². The van der Waals surface area contributed by atoms with E-state index in [0.29, 0.717) is 18.6 Å². The molecular formula is C24H43NO4S. The highest BCUT2D eigenvalue weighted by molar-refractivity contribution is 8.00. The fourth-order valence-electron chi connectivity index (χ4n) is 2.70. The summed E-state index contributed by atoms with van der Waals surface area (Å²) in [5.74, 6) is -0.363. The average molecular weight is 442 g/mol. The summed E-state index contributed by atoms with van der Waals surface area (Å²) in [5, 5.41) is 12.3. The number of benzene rings is 1. The number of carboxylic acid groups (broad SMARTS) is 1. The molecule has 0 saturated heterocycles. The molecule has 0 aliphatic carbocycles. The largest absolute Gasteiger partial charge is 0.480 e. The van der Waals surface area contributed by atoms with Crippen molar-refractivity contribution in [3.8, 4) is 0 Å². The van der Waals surface area contributed by atoms with Gasteiger partial charge in [-0.25, -0.2) is 9.59 Å². The second kappa shape index (κ2) is 15.2. The van der Waals surface area contributed by atoms with E-state index in [1.54, 1.807) is 32.5 Å². The molecule has 5 nitrogen and oxygen atoms in total. The normalized spacial score (nSPS) is 11.8. The van der Waals surface area contributed by atoms with Gasteiger partial charge in [0.15, 0.2) is 0 Å². The van der Waals surface area contributed by atoms with Crippen LogP contribution < -0.4 is 5.32 Å². The van der Waals surface area contributed by atoms with E-state index in [4.69, 9.17) is 4.74 Å². The van der Waals surface area contributed by atoms with Gasteiger partial charge < -0.3 is 15.2 Å². The molecule has 1 rings (SSSR count). The minimum absolute atomic E-state index is 0.617. The number of carboxylic acids is 1. The summed E-state index contributed by atoms with van der Waals surface area (Å²) in [5.41, 5.74) is 1.64. The summed E-state index contributed by atoms with van der Waals surface area (Å²) in [6, 6.07) is 7.17.